The zero-order valence-electron chi connectivity index (χ0n) is 27.8. The van der Waals surface area contributed by atoms with Gasteiger partial charge < -0.3 is 35.6 Å². The number of nitrogens with zero attached hydrogens (tertiary/aromatic N) is 3. The maximum atomic E-state index is 13.7. The zero-order valence-corrected chi connectivity index (χ0v) is 27.8. The third-order valence-electron chi connectivity index (χ3n) is 6.90. The molecule has 11 heteroatoms. The van der Waals surface area contributed by atoms with Gasteiger partial charge in [-0.1, -0.05) is 38.1 Å². The predicted molar refractivity (Wildman–Crippen MR) is 172 cm³/mol. The van der Waals surface area contributed by atoms with Crippen molar-refractivity contribution in [2.75, 3.05) is 31.5 Å². The average molecular weight is 611 g/mol. The molecule has 1 aromatic heterocycles. The summed E-state index contributed by atoms with van der Waals surface area (Å²) in [6, 6.07) is 7.57. The largest absolute Gasteiger partial charge is 0.444 e. The number of aromatic nitrogens is 1. The van der Waals surface area contributed by atoms with Crippen molar-refractivity contribution >= 4 is 23.9 Å². The van der Waals surface area contributed by atoms with Crippen LogP contribution in [0.2, 0.25) is 0 Å². The molecule has 0 bridgehead atoms. The van der Waals surface area contributed by atoms with E-state index >= 15 is 0 Å². The first kappa shape index (κ1) is 34.6. The van der Waals surface area contributed by atoms with Crippen LogP contribution in [0.1, 0.15) is 77.9 Å². The number of aryl methyl sites for hydroxylation is 1. The van der Waals surface area contributed by atoms with Gasteiger partial charge in [-0.15, -0.1) is 0 Å². The maximum absolute atomic E-state index is 13.7. The third-order valence-corrected chi connectivity index (χ3v) is 6.90. The number of hydrogen-bond donors (Lipinski definition) is 3. The average Bonchev–Trinajstić information content (AvgIpc) is 2.91. The van der Waals surface area contributed by atoms with Gasteiger partial charge in [0.05, 0.1) is 11.4 Å². The van der Waals surface area contributed by atoms with E-state index in [1.807, 2.05) is 72.7 Å². The molecule has 0 spiro atoms. The molecule has 1 fully saturated rings. The van der Waals surface area contributed by atoms with Crippen molar-refractivity contribution in [2.24, 2.45) is 11.7 Å². The molecule has 1 saturated heterocycles. The van der Waals surface area contributed by atoms with Crippen LogP contribution in [-0.2, 0) is 29.0 Å². The molecule has 2 heterocycles. The Balaban J connectivity index is 1.98. The summed E-state index contributed by atoms with van der Waals surface area (Å²) in [5, 5.41) is 6.03. The van der Waals surface area contributed by atoms with Crippen molar-refractivity contribution in [1.29, 1.82) is 0 Å². The van der Waals surface area contributed by atoms with Crippen LogP contribution in [0.15, 0.2) is 24.3 Å². The second-order valence-electron chi connectivity index (χ2n) is 13.6. The number of carbonyl (C=O) groups is 3. The van der Waals surface area contributed by atoms with E-state index < -0.39 is 17.3 Å². The highest BCUT2D eigenvalue weighted by Crippen LogP contribution is 2.37. The molecule has 1 aliphatic rings. The summed E-state index contributed by atoms with van der Waals surface area (Å²) in [7, 11) is 0. The highest BCUT2D eigenvalue weighted by atomic mass is 16.6. The first-order valence-electron chi connectivity index (χ1n) is 15.3. The highest BCUT2D eigenvalue weighted by Gasteiger charge is 2.29. The van der Waals surface area contributed by atoms with Crippen LogP contribution in [0.5, 0.6) is 0 Å². The monoisotopic (exact) mass is 610 g/mol. The minimum atomic E-state index is -0.649. The van der Waals surface area contributed by atoms with Gasteiger partial charge >= 0.3 is 18.2 Å². The Bertz CT molecular complexity index is 1320. The van der Waals surface area contributed by atoms with E-state index in [1.165, 1.54) is 0 Å². The molecule has 44 heavy (non-hydrogen) atoms. The number of hydrogen-bond acceptors (Lipinski definition) is 7. The predicted octanol–water partition coefficient (Wildman–Crippen LogP) is 5.82. The molecule has 0 aliphatic carbocycles. The van der Waals surface area contributed by atoms with Crippen LogP contribution < -0.4 is 16.4 Å². The minimum absolute atomic E-state index is 0.162. The van der Waals surface area contributed by atoms with Gasteiger partial charge in [0.15, 0.2) is 0 Å². The van der Waals surface area contributed by atoms with Crippen molar-refractivity contribution in [3.05, 3.63) is 46.8 Å². The molecular weight excluding hydrogens is 560 g/mol. The van der Waals surface area contributed by atoms with Gasteiger partial charge in [0.2, 0.25) is 0 Å². The summed E-state index contributed by atoms with van der Waals surface area (Å²) >= 11 is 0. The number of pyridine rings is 1. The van der Waals surface area contributed by atoms with Crippen molar-refractivity contribution in [1.82, 2.24) is 20.1 Å². The number of alkyl carbamates (subject to hydrolysis) is 1. The maximum Gasteiger partial charge on any atom is 0.410 e. The van der Waals surface area contributed by atoms with Crippen molar-refractivity contribution < 1.29 is 23.9 Å². The standard InChI is InChI=1S/C33H50N6O5/c1-21(2)18-26-25(20-35-30(41)43-32(4,5)6)27(24-12-10-23(19-34)11-13-24)28(22(3)36-26)37-29(40)38-14-16-39(17-15-38)31(42)44-33(7,8)9/h10-13,21H,14-20,34H2,1-9H3,(H,35,41)(H,37,40). The van der Waals surface area contributed by atoms with Crippen LogP contribution in [0, 0.1) is 12.8 Å². The molecular formula is C33H50N6O5. The summed E-state index contributed by atoms with van der Waals surface area (Å²) in [5.41, 5.74) is 10.1. The van der Waals surface area contributed by atoms with E-state index in [0.29, 0.717) is 56.4 Å². The van der Waals surface area contributed by atoms with E-state index in [2.05, 4.69) is 24.5 Å². The molecule has 2 aromatic rings. The lowest BCUT2D eigenvalue weighted by molar-refractivity contribution is 0.0173. The van der Waals surface area contributed by atoms with Crippen LogP contribution >= 0.6 is 0 Å². The molecule has 0 radical (unpaired) electrons. The smallest absolute Gasteiger partial charge is 0.410 e. The van der Waals surface area contributed by atoms with Gasteiger partial charge in [0.1, 0.15) is 11.2 Å². The number of piperazine rings is 1. The summed E-state index contributed by atoms with van der Waals surface area (Å²) in [6.45, 7) is 19.1. The number of carbonyl (C=O) groups excluding carboxylic acids is 3. The second kappa shape index (κ2) is 14.3. The van der Waals surface area contributed by atoms with Gasteiger partial charge in [0.25, 0.3) is 0 Å². The minimum Gasteiger partial charge on any atom is -0.444 e. The summed E-state index contributed by atoms with van der Waals surface area (Å²) in [4.78, 5) is 47.1. The van der Waals surface area contributed by atoms with Gasteiger partial charge in [-0.25, -0.2) is 14.4 Å². The van der Waals surface area contributed by atoms with E-state index in [4.69, 9.17) is 20.2 Å². The van der Waals surface area contributed by atoms with Crippen LogP contribution in [-0.4, -0.2) is 70.4 Å². The number of ether oxygens (including phenoxy) is 2. The fraction of sp³-hybridized carbons (Fsp3) is 0.576. The fourth-order valence-corrected chi connectivity index (χ4v) is 4.91. The Morgan fingerprint density at radius 1 is 0.932 bits per heavy atom. The number of rotatable bonds is 7. The first-order chi connectivity index (χ1) is 20.5. The Labute approximate surface area is 261 Å². The molecule has 0 unspecified atom stereocenters. The molecule has 11 nitrogen and oxygen atoms in total. The number of urea groups is 1. The fourth-order valence-electron chi connectivity index (χ4n) is 4.91. The number of nitrogens with one attached hydrogen (secondary N) is 2. The van der Waals surface area contributed by atoms with E-state index in [1.54, 1.807) is 9.80 Å². The molecule has 242 valence electrons. The van der Waals surface area contributed by atoms with E-state index in [9.17, 15) is 14.4 Å². The normalized spacial score (nSPS) is 14.0. The Morgan fingerprint density at radius 2 is 1.50 bits per heavy atom. The molecule has 4 N–H and O–H groups in total. The molecule has 0 saturated carbocycles. The number of nitrogens with two attached hydrogens (primary N) is 1. The number of amides is 4. The van der Waals surface area contributed by atoms with Crippen molar-refractivity contribution in [3.63, 3.8) is 0 Å². The van der Waals surface area contributed by atoms with Gasteiger partial charge in [0, 0.05) is 56.1 Å². The van der Waals surface area contributed by atoms with Crippen LogP contribution in [0.25, 0.3) is 11.1 Å². The quantitative estimate of drug-likeness (QED) is 0.359. The lowest BCUT2D eigenvalue weighted by Gasteiger charge is -2.35. The van der Waals surface area contributed by atoms with Crippen molar-refractivity contribution in [2.45, 2.75) is 93.0 Å². The molecule has 4 amide bonds. The Hall–Kier alpha value is -3.86. The van der Waals surface area contributed by atoms with Crippen LogP contribution in [0.3, 0.4) is 0 Å². The number of anilines is 1. The number of benzene rings is 1. The SMILES string of the molecule is Cc1nc(CC(C)C)c(CNC(=O)OC(C)(C)C)c(-c2ccc(CN)cc2)c1NC(=O)N1CCN(C(=O)OC(C)(C)C)CC1. The van der Waals surface area contributed by atoms with Gasteiger partial charge in [-0.05, 0) is 71.9 Å². The molecule has 1 aromatic carbocycles. The molecule has 3 rings (SSSR count). The van der Waals surface area contributed by atoms with Gasteiger partial charge in [-0.2, -0.15) is 0 Å². The lowest BCUT2D eigenvalue weighted by atomic mass is 9.92. The Kier molecular flexibility index (Phi) is 11.2. The van der Waals surface area contributed by atoms with Crippen LogP contribution in [0.4, 0.5) is 20.1 Å². The highest BCUT2D eigenvalue weighted by molar-refractivity contribution is 5.96. The van der Waals surface area contributed by atoms with Gasteiger partial charge in [-0.3, -0.25) is 4.98 Å². The lowest BCUT2D eigenvalue weighted by Crippen LogP contribution is -2.52. The molecule has 1 aliphatic heterocycles. The van der Waals surface area contributed by atoms with E-state index in [-0.39, 0.29) is 18.7 Å². The molecule has 0 atom stereocenters. The third kappa shape index (κ3) is 9.83. The second-order valence-corrected chi connectivity index (χ2v) is 13.6. The summed E-state index contributed by atoms with van der Waals surface area (Å²) < 4.78 is 11.0. The van der Waals surface area contributed by atoms with E-state index in [0.717, 1.165) is 27.9 Å². The first-order valence-corrected chi connectivity index (χ1v) is 15.3. The Morgan fingerprint density at radius 3 is 2.02 bits per heavy atom. The summed E-state index contributed by atoms with van der Waals surface area (Å²) in [5.74, 6) is 0.302. The van der Waals surface area contributed by atoms with Crippen molar-refractivity contribution in [3.8, 4) is 11.1 Å². The topological polar surface area (TPSA) is 139 Å². The zero-order chi connectivity index (χ0) is 32.8. The summed E-state index contributed by atoms with van der Waals surface area (Å²) in [6.07, 6.45) is -0.240.